The van der Waals surface area contributed by atoms with E-state index in [1.807, 2.05) is 0 Å². The second kappa shape index (κ2) is 8.37. The van der Waals surface area contributed by atoms with Gasteiger partial charge in [-0.1, -0.05) is 23.8 Å². The third kappa shape index (κ3) is 4.86. The summed E-state index contributed by atoms with van der Waals surface area (Å²) < 4.78 is 13.6. The molecule has 130 valence electrons. The zero-order chi connectivity index (χ0) is 17.5. The summed E-state index contributed by atoms with van der Waals surface area (Å²) in [5.74, 6) is -0.172. The fourth-order valence-electron chi connectivity index (χ4n) is 2.81. The Morgan fingerprint density at radius 2 is 1.88 bits per heavy atom. The fourth-order valence-corrected chi connectivity index (χ4v) is 2.81. The molecule has 6 heteroatoms. The van der Waals surface area contributed by atoms with Gasteiger partial charge in [0.2, 0.25) is 0 Å². The van der Waals surface area contributed by atoms with Gasteiger partial charge in [0.15, 0.2) is 5.82 Å². The van der Waals surface area contributed by atoms with E-state index in [0.29, 0.717) is 5.82 Å². The molecule has 0 saturated heterocycles. The van der Waals surface area contributed by atoms with Crippen LogP contribution in [0, 0.1) is 5.82 Å². The normalized spacial score (nSPS) is 13.9. The Hall–Kier alpha value is -2.76. The van der Waals surface area contributed by atoms with E-state index in [1.54, 1.807) is 18.2 Å². The van der Waals surface area contributed by atoms with Crippen LogP contribution in [0.15, 0.2) is 48.0 Å². The Balaban J connectivity index is 1.51. The van der Waals surface area contributed by atoms with Crippen molar-refractivity contribution in [1.29, 1.82) is 0 Å². The summed E-state index contributed by atoms with van der Waals surface area (Å²) in [5, 5.41) is 13.8. The van der Waals surface area contributed by atoms with Crippen molar-refractivity contribution in [2.24, 2.45) is 0 Å². The lowest BCUT2D eigenvalue weighted by Crippen LogP contribution is -2.15. The van der Waals surface area contributed by atoms with E-state index in [0.717, 1.165) is 13.0 Å². The number of allylic oxidation sites excluding steroid dienone is 1. The Labute approximate surface area is 146 Å². The smallest absolute Gasteiger partial charge is 0.259 e. The first-order valence-corrected chi connectivity index (χ1v) is 8.54. The summed E-state index contributed by atoms with van der Waals surface area (Å²) >= 11 is 0. The van der Waals surface area contributed by atoms with Crippen molar-refractivity contribution in [1.82, 2.24) is 10.2 Å². The van der Waals surface area contributed by atoms with Crippen molar-refractivity contribution in [3.63, 3.8) is 0 Å². The molecule has 2 aromatic rings. The number of rotatable bonds is 6. The molecule has 0 aliphatic heterocycles. The molecule has 25 heavy (non-hydrogen) atoms. The lowest BCUT2D eigenvalue weighted by molar-refractivity contribution is 0.102. The molecule has 0 saturated carbocycles. The monoisotopic (exact) mass is 340 g/mol. The van der Waals surface area contributed by atoms with Crippen molar-refractivity contribution in [3.05, 3.63) is 59.4 Å². The number of aromatic nitrogens is 2. The van der Waals surface area contributed by atoms with Crippen LogP contribution in [0.2, 0.25) is 0 Å². The third-order valence-electron chi connectivity index (χ3n) is 4.16. The Morgan fingerprint density at radius 1 is 1.08 bits per heavy atom. The molecule has 0 atom stereocenters. The predicted octanol–water partition coefficient (Wildman–Crippen LogP) is 4.17. The minimum atomic E-state index is -0.566. The number of amides is 1. The van der Waals surface area contributed by atoms with Gasteiger partial charge < -0.3 is 10.6 Å². The number of carbonyl (C=O) groups excluding carboxylic acids is 1. The molecule has 0 spiro atoms. The number of hydrogen-bond acceptors (Lipinski definition) is 4. The highest BCUT2D eigenvalue weighted by Gasteiger charge is 2.11. The maximum Gasteiger partial charge on any atom is 0.259 e. The third-order valence-corrected chi connectivity index (χ3v) is 4.16. The number of hydrogen-bond donors (Lipinski definition) is 2. The maximum atomic E-state index is 13.6. The van der Waals surface area contributed by atoms with E-state index < -0.39 is 11.7 Å². The van der Waals surface area contributed by atoms with Gasteiger partial charge in [0.05, 0.1) is 5.56 Å². The summed E-state index contributed by atoms with van der Waals surface area (Å²) in [5.41, 5.74) is 1.48. The molecular weight excluding hydrogens is 319 g/mol. The average Bonchev–Trinajstić information content (AvgIpc) is 2.64. The van der Waals surface area contributed by atoms with Crippen molar-refractivity contribution in [3.8, 4) is 0 Å². The largest absolute Gasteiger partial charge is 0.368 e. The highest BCUT2D eigenvalue weighted by molar-refractivity contribution is 6.03. The zero-order valence-corrected chi connectivity index (χ0v) is 14.0. The van der Waals surface area contributed by atoms with E-state index in [2.05, 4.69) is 26.9 Å². The van der Waals surface area contributed by atoms with Crippen molar-refractivity contribution >= 4 is 17.5 Å². The standard InChI is InChI=1S/C19H21FN4O/c20-16-9-5-4-8-15(16)19(25)22-18-11-10-17(23-24-18)21-13-12-14-6-2-1-3-7-14/h4-6,8-11H,1-3,7,12-13H2,(H,21,23)(H,22,24,25). The van der Waals surface area contributed by atoms with Crippen LogP contribution >= 0.6 is 0 Å². The summed E-state index contributed by atoms with van der Waals surface area (Å²) in [6.45, 7) is 0.807. The van der Waals surface area contributed by atoms with E-state index >= 15 is 0 Å². The molecule has 1 aliphatic rings. The molecule has 2 N–H and O–H groups in total. The number of anilines is 2. The predicted molar refractivity (Wildman–Crippen MR) is 96.0 cm³/mol. The number of nitrogens with zero attached hydrogens (tertiary/aromatic N) is 2. The van der Waals surface area contributed by atoms with Gasteiger partial charge in [0, 0.05) is 6.54 Å². The molecule has 0 radical (unpaired) electrons. The van der Waals surface area contributed by atoms with Crippen LogP contribution in [0.4, 0.5) is 16.0 Å². The molecule has 1 aliphatic carbocycles. The second-order valence-corrected chi connectivity index (χ2v) is 6.02. The summed E-state index contributed by atoms with van der Waals surface area (Å²) in [4.78, 5) is 12.0. The molecular formula is C19H21FN4O. The highest BCUT2D eigenvalue weighted by atomic mass is 19.1. The van der Waals surface area contributed by atoms with Crippen LogP contribution in [0.3, 0.4) is 0 Å². The van der Waals surface area contributed by atoms with Gasteiger partial charge in [-0.05, 0) is 56.4 Å². The molecule has 1 amide bonds. The van der Waals surface area contributed by atoms with Crippen molar-refractivity contribution < 1.29 is 9.18 Å². The molecule has 1 aromatic heterocycles. The van der Waals surface area contributed by atoms with Crippen LogP contribution in [-0.4, -0.2) is 22.6 Å². The molecule has 0 bridgehead atoms. The van der Waals surface area contributed by atoms with Crippen LogP contribution in [0.1, 0.15) is 42.5 Å². The van der Waals surface area contributed by atoms with Gasteiger partial charge >= 0.3 is 0 Å². The Morgan fingerprint density at radius 3 is 2.60 bits per heavy atom. The van der Waals surface area contributed by atoms with Crippen LogP contribution in [0.5, 0.6) is 0 Å². The lowest BCUT2D eigenvalue weighted by Gasteiger charge is -2.13. The van der Waals surface area contributed by atoms with E-state index in [-0.39, 0.29) is 11.4 Å². The molecule has 0 unspecified atom stereocenters. The minimum Gasteiger partial charge on any atom is -0.368 e. The number of carbonyl (C=O) groups is 1. The first-order valence-electron chi connectivity index (χ1n) is 8.54. The van der Waals surface area contributed by atoms with Gasteiger partial charge in [-0.25, -0.2) is 4.39 Å². The molecule has 1 aromatic carbocycles. The van der Waals surface area contributed by atoms with Gasteiger partial charge in [-0.2, -0.15) is 0 Å². The zero-order valence-electron chi connectivity index (χ0n) is 14.0. The summed E-state index contributed by atoms with van der Waals surface area (Å²) in [6, 6.07) is 9.21. The number of benzene rings is 1. The number of halogens is 1. The summed E-state index contributed by atoms with van der Waals surface area (Å²) in [7, 11) is 0. The first kappa shape index (κ1) is 17.1. The number of nitrogens with one attached hydrogen (secondary N) is 2. The highest BCUT2D eigenvalue weighted by Crippen LogP contribution is 2.20. The Kier molecular flexibility index (Phi) is 5.72. The van der Waals surface area contributed by atoms with Crippen LogP contribution in [-0.2, 0) is 0 Å². The quantitative estimate of drug-likeness (QED) is 0.775. The molecule has 3 rings (SSSR count). The lowest BCUT2D eigenvalue weighted by atomic mass is 9.97. The average molecular weight is 340 g/mol. The summed E-state index contributed by atoms with van der Waals surface area (Å²) in [6.07, 6.45) is 8.29. The molecule has 1 heterocycles. The Bertz CT molecular complexity index is 758. The second-order valence-electron chi connectivity index (χ2n) is 6.02. The van der Waals surface area contributed by atoms with Crippen LogP contribution in [0.25, 0.3) is 0 Å². The van der Waals surface area contributed by atoms with E-state index in [4.69, 9.17) is 0 Å². The van der Waals surface area contributed by atoms with E-state index in [1.165, 1.54) is 49.5 Å². The van der Waals surface area contributed by atoms with Gasteiger partial charge in [0.25, 0.3) is 5.91 Å². The van der Waals surface area contributed by atoms with Gasteiger partial charge in [-0.15, -0.1) is 10.2 Å². The molecule has 0 fully saturated rings. The first-order chi connectivity index (χ1) is 12.2. The topological polar surface area (TPSA) is 66.9 Å². The van der Waals surface area contributed by atoms with Crippen molar-refractivity contribution in [2.45, 2.75) is 32.1 Å². The van der Waals surface area contributed by atoms with Gasteiger partial charge in [0.1, 0.15) is 11.6 Å². The van der Waals surface area contributed by atoms with Crippen molar-refractivity contribution in [2.75, 3.05) is 17.2 Å². The maximum absolute atomic E-state index is 13.6. The van der Waals surface area contributed by atoms with Crippen LogP contribution < -0.4 is 10.6 Å². The van der Waals surface area contributed by atoms with Gasteiger partial charge in [-0.3, -0.25) is 4.79 Å². The SMILES string of the molecule is O=C(Nc1ccc(NCCC2=CCCCC2)nn1)c1ccccc1F. The minimum absolute atomic E-state index is 0.0211. The van der Waals surface area contributed by atoms with E-state index in [9.17, 15) is 9.18 Å². The molecule has 5 nitrogen and oxygen atoms in total. The fraction of sp³-hybridized carbons (Fsp3) is 0.316.